The summed E-state index contributed by atoms with van der Waals surface area (Å²) in [5.41, 5.74) is 0.229. The second kappa shape index (κ2) is 8.39. The number of aryl methyl sites for hydroxylation is 1. The van der Waals surface area contributed by atoms with Gasteiger partial charge in [-0.2, -0.15) is 0 Å². The Morgan fingerprint density at radius 3 is 2.30 bits per heavy atom. The summed E-state index contributed by atoms with van der Waals surface area (Å²) in [6.07, 6.45) is 0. The number of rotatable bonds is 7. The summed E-state index contributed by atoms with van der Waals surface area (Å²) in [6.45, 7) is 4.59. The quantitative estimate of drug-likeness (QED) is 0.585. The molecule has 1 N–H and O–H groups in total. The third-order valence-electron chi connectivity index (χ3n) is 3.79. The molecule has 1 amide bonds. The number of esters is 1. The number of hydrogen-bond acceptors (Lipinski definition) is 7. The molecule has 0 saturated heterocycles. The molecule has 27 heavy (non-hydrogen) atoms. The maximum atomic E-state index is 12.6. The van der Waals surface area contributed by atoms with Crippen LogP contribution in [0.5, 0.6) is 11.5 Å². The summed E-state index contributed by atoms with van der Waals surface area (Å²) >= 11 is 0. The highest BCUT2D eigenvalue weighted by atomic mass is 16.5. The number of anilines is 1. The van der Waals surface area contributed by atoms with E-state index in [4.69, 9.17) is 18.6 Å². The highest BCUT2D eigenvalue weighted by molar-refractivity contribution is 6.12. The van der Waals surface area contributed by atoms with Crippen molar-refractivity contribution in [2.24, 2.45) is 0 Å². The third-order valence-corrected chi connectivity index (χ3v) is 3.79. The van der Waals surface area contributed by atoms with Crippen LogP contribution in [0.15, 0.2) is 22.6 Å². The minimum atomic E-state index is -0.748. The normalized spacial score (nSPS) is 10.3. The molecule has 0 aliphatic carbocycles. The first-order valence-electron chi connectivity index (χ1n) is 8.18. The van der Waals surface area contributed by atoms with E-state index in [0.717, 1.165) is 0 Å². The van der Waals surface area contributed by atoms with Crippen LogP contribution in [0.3, 0.4) is 0 Å². The van der Waals surface area contributed by atoms with Crippen LogP contribution < -0.4 is 14.8 Å². The summed E-state index contributed by atoms with van der Waals surface area (Å²) in [6, 6.07) is 4.59. The van der Waals surface area contributed by atoms with E-state index < -0.39 is 11.9 Å². The Hall–Kier alpha value is -3.29. The van der Waals surface area contributed by atoms with Gasteiger partial charge >= 0.3 is 5.97 Å². The maximum Gasteiger partial charge on any atom is 0.344 e. The Bertz CT molecular complexity index is 882. The minimum absolute atomic E-state index is 0.0797. The van der Waals surface area contributed by atoms with Gasteiger partial charge in [0.25, 0.3) is 5.91 Å². The molecule has 2 rings (SSSR count). The van der Waals surface area contributed by atoms with Gasteiger partial charge in [-0.1, -0.05) is 0 Å². The van der Waals surface area contributed by atoms with Crippen molar-refractivity contribution in [2.45, 2.75) is 20.8 Å². The lowest BCUT2D eigenvalue weighted by molar-refractivity contribution is 0.0524. The predicted octanol–water partition coefficient (Wildman–Crippen LogP) is 3.24. The van der Waals surface area contributed by atoms with Crippen LogP contribution in [-0.4, -0.2) is 38.5 Å². The number of furan rings is 1. The number of ketones is 1. The lowest BCUT2D eigenvalue weighted by Gasteiger charge is -2.10. The van der Waals surface area contributed by atoms with Crippen LogP contribution in [0.25, 0.3) is 0 Å². The average Bonchev–Trinajstić information content (AvgIpc) is 2.97. The Balaban J connectivity index is 2.42. The van der Waals surface area contributed by atoms with E-state index in [0.29, 0.717) is 11.5 Å². The Labute approximate surface area is 156 Å². The molecule has 0 aliphatic heterocycles. The zero-order valence-electron chi connectivity index (χ0n) is 15.8. The molecule has 0 unspecified atom stereocenters. The van der Waals surface area contributed by atoms with Gasteiger partial charge in [0.15, 0.2) is 17.3 Å². The van der Waals surface area contributed by atoms with E-state index >= 15 is 0 Å². The molecule has 0 saturated carbocycles. The lowest BCUT2D eigenvalue weighted by Crippen LogP contribution is -2.16. The van der Waals surface area contributed by atoms with E-state index in [1.54, 1.807) is 13.0 Å². The molecule has 8 nitrogen and oxygen atoms in total. The molecule has 1 heterocycles. The number of carbonyl (C=O) groups excluding carboxylic acids is 3. The van der Waals surface area contributed by atoms with Crippen molar-refractivity contribution >= 4 is 23.5 Å². The van der Waals surface area contributed by atoms with Crippen molar-refractivity contribution in [1.29, 1.82) is 0 Å². The van der Waals surface area contributed by atoms with E-state index in [2.05, 4.69) is 5.32 Å². The van der Waals surface area contributed by atoms with E-state index in [1.165, 1.54) is 40.2 Å². The molecule has 0 fully saturated rings. The van der Waals surface area contributed by atoms with Crippen LogP contribution in [-0.2, 0) is 4.74 Å². The van der Waals surface area contributed by atoms with Crippen LogP contribution in [0, 0.1) is 6.92 Å². The first-order chi connectivity index (χ1) is 12.8. The molecule has 8 heteroatoms. The molecule has 0 radical (unpaired) electrons. The van der Waals surface area contributed by atoms with Gasteiger partial charge in [-0.15, -0.1) is 0 Å². The molecule has 0 spiro atoms. The van der Waals surface area contributed by atoms with Gasteiger partial charge in [0.2, 0.25) is 5.88 Å². The minimum Gasteiger partial charge on any atom is -0.493 e. The number of ether oxygens (including phenoxy) is 3. The second-order valence-electron chi connectivity index (χ2n) is 5.54. The van der Waals surface area contributed by atoms with Gasteiger partial charge in [0, 0.05) is 5.56 Å². The summed E-state index contributed by atoms with van der Waals surface area (Å²) in [5.74, 6) is -0.757. The number of benzene rings is 1. The zero-order valence-corrected chi connectivity index (χ0v) is 15.8. The number of amides is 1. The summed E-state index contributed by atoms with van der Waals surface area (Å²) in [7, 11) is 2.94. The fraction of sp³-hybridized carbons (Fsp3) is 0.316. The number of Topliss-reactive ketones (excluding diaryl/α,β-unsaturated/α-hetero) is 1. The lowest BCUT2D eigenvalue weighted by atomic mass is 10.1. The average molecular weight is 375 g/mol. The van der Waals surface area contributed by atoms with Gasteiger partial charge in [0.05, 0.1) is 26.4 Å². The van der Waals surface area contributed by atoms with Gasteiger partial charge in [0.1, 0.15) is 11.3 Å². The standard InChI is InChI=1S/C19H21NO7/c1-6-26-19(23)16-15(10(2)21)11(3)27-18(16)20-17(22)12-7-8-13(24-4)14(9-12)25-5/h7-9H,6H2,1-5H3,(H,20,22). The van der Waals surface area contributed by atoms with E-state index in [-0.39, 0.29) is 40.7 Å². The largest absolute Gasteiger partial charge is 0.493 e. The smallest absolute Gasteiger partial charge is 0.344 e. The number of carbonyl (C=O) groups is 3. The molecule has 144 valence electrons. The fourth-order valence-electron chi connectivity index (χ4n) is 2.61. The molecular weight excluding hydrogens is 354 g/mol. The van der Waals surface area contributed by atoms with Crippen LogP contribution >= 0.6 is 0 Å². The maximum absolute atomic E-state index is 12.6. The van der Waals surface area contributed by atoms with Gasteiger partial charge in [-0.3, -0.25) is 14.9 Å². The van der Waals surface area contributed by atoms with Crippen LogP contribution in [0.2, 0.25) is 0 Å². The predicted molar refractivity (Wildman–Crippen MR) is 96.9 cm³/mol. The topological polar surface area (TPSA) is 104 Å². The molecular formula is C19H21NO7. The SMILES string of the molecule is CCOC(=O)c1c(NC(=O)c2ccc(OC)c(OC)c2)oc(C)c1C(C)=O. The van der Waals surface area contributed by atoms with Crippen molar-refractivity contribution in [2.75, 3.05) is 26.1 Å². The first kappa shape index (κ1) is 20.0. The Morgan fingerprint density at radius 1 is 1.07 bits per heavy atom. The highest BCUT2D eigenvalue weighted by Crippen LogP contribution is 2.31. The van der Waals surface area contributed by atoms with Gasteiger partial charge < -0.3 is 18.6 Å². The molecule has 2 aromatic rings. The number of methoxy groups -OCH3 is 2. The van der Waals surface area contributed by atoms with Crippen molar-refractivity contribution in [1.82, 2.24) is 0 Å². The fourth-order valence-corrected chi connectivity index (χ4v) is 2.61. The monoisotopic (exact) mass is 375 g/mol. The highest BCUT2D eigenvalue weighted by Gasteiger charge is 2.29. The van der Waals surface area contributed by atoms with Gasteiger partial charge in [-0.25, -0.2) is 4.79 Å². The number of hydrogen-bond donors (Lipinski definition) is 1. The summed E-state index contributed by atoms with van der Waals surface area (Å²) < 4.78 is 20.8. The van der Waals surface area contributed by atoms with Crippen molar-refractivity contribution < 1.29 is 33.0 Å². The molecule has 0 aliphatic rings. The van der Waals surface area contributed by atoms with Crippen LogP contribution in [0.4, 0.5) is 5.88 Å². The molecule has 1 aromatic carbocycles. The number of nitrogens with one attached hydrogen (secondary N) is 1. The summed E-state index contributed by atoms with van der Waals surface area (Å²) in [4.78, 5) is 36.8. The van der Waals surface area contributed by atoms with Crippen molar-refractivity contribution in [3.8, 4) is 11.5 Å². The zero-order chi connectivity index (χ0) is 20.1. The van der Waals surface area contributed by atoms with Crippen molar-refractivity contribution in [3.63, 3.8) is 0 Å². The first-order valence-corrected chi connectivity index (χ1v) is 8.18. The Kier molecular flexibility index (Phi) is 6.23. The van der Waals surface area contributed by atoms with Crippen molar-refractivity contribution in [3.05, 3.63) is 40.6 Å². The molecule has 0 atom stereocenters. The Morgan fingerprint density at radius 2 is 1.74 bits per heavy atom. The van der Waals surface area contributed by atoms with Gasteiger partial charge in [-0.05, 0) is 39.0 Å². The molecule has 0 bridgehead atoms. The van der Waals surface area contributed by atoms with E-state index in [1.807, 2.05) is 0 Å². The van der Waals surface area contributed by atoms with Crippen LogP contribution in [0.1, 0.15) is 50.7 Å². The third kappa shape index (κ3) is 4.11. The second-order valence-corrected chi connectivity index (χ2v) is 5.54. The van der Waals surface area contributed by atoms with E-state index in [9.17, 15) is 14.4 Å². The molecule has 1 aromatic heterocycles. The summed E-state index contributed by atoms with van der Waals surface area (Å²) in [5, 5.41) is 2.52.